The molecule has 1 unspecified atom stereocenters. The van der Waals surface area contributed by atoms with Crippen LogP contribution in [-0.4, -0.2) is 25.5 Å². The lowest BCUT2D eigenvalue weighted by atomic mass is 10.3. The molecule has 0 saturated heterocycles. The number of rotatable bonds is 5. The number of carbonyl (C=O) groups is 1. The Kier molecular flexibility index (Phi) is 4.59. The number of amides is 1. The molecular formula is C13H18BrN5O. The lowest BCUT2D eigenvalue weighted by Gasteiger charge is -2.12. The number of nitrogens with one attached hydrogen (secondary N) is 1. The van der Waals surface area contributed by atoms with Gasteiger partial charge in [-0.05, 0) is 36.7 Å². The Bertz CT molecular complexity index is 584. The molecule has 1 atom stereocenters. The van der Waals surface area contributed by atoms with Crippen molar-refractivity contribution in [2.24, 2.45) is 0 Å². The number of nitrogens with zero attached hydrogens (tertiary/aromatic N) is 4. The summed E-state index contributed by atoms with van der Waals surface area (Å²) in [6.07, 6.45) is 5.51. The van der Waals surface area contributed by atoms with E-state index in [-0.39, 0.29) is 11.9 Å². The van der Waals surface area contributed by atoms with Crippen LogP contribution in [0, 0.1) is 6.92 Å². The summed E-state index contributed by atoms with van der Waals surface area (Å²) >= 11 is 3.39. The van der Waals surface area contributed by atoms with Crippen LogP contribution in [0.4, 0.5) is 0 Å². The first-order valence-corrected chi connectivity index (χ1v) is 7.30. The van der Waals surface area contributed by atoms with Crippen LogP contribution in [0.5, 0.6) is 0 Å². The average molecular weight is 340 g/mol. The van der Waals surface area contributed by atoms with E-state index in [0.717, 1.165) is 22.3 Å². The standard InChI is InChI=1S/C13H18BrN5O/c1-4-18-7-11(6-16-18)5-15-13(20)10(3)19-8-12(14)9(2)17-19/h6-8,10H,4-5H2,1-3H3,(H,15,20). The van der Waals surface area contributed by atoms with E-state index in [0.29, 0.717) is 6.54 Å². The molecule has 0 bridgehead atoms. The smallest absolute Gasteiger partial charge is 0.244 e. The van der Waals surface area contributed by atoms with Gasteiger partial charge in [-0.25, -0.2) is 0 Å². The van der Waals surface area contributed by atoms with Crippen molar-refractivity contribution in [3.8, 4) is 0 Å². The normalized spacial score (nSPS) is 12.4. The van der Waals surface area contributed by atoms with Crippen LogP contribution in [0.15, 0.2) is 23.1 Å². The lowest BCUT2D eigenvalue weighted by Crippen LogP contribution is -2.30. The molecule has 0 spiro atoms. The van der Waals surface area contributed by atoms with Crippen molar-refractivity contribution in [3.05, 3.63) is 34.3 Å². The van der Waals surface area contributed by atoms with Crippen molar-refractivity contribution in [2.45, 2.75) is 39.9 Å². The number of hydrogen-bond donors (Lipinski definition) is 1. The maximum atomic E-state index is 12.1. The van der Waals surface area contributed by atoms with Crippen LogP contribution in [-0.2, 0) is 17.9 Å². The van der Waals surface area contributed by atoms with E-state index in [1.165, 1.54) is 0 Å². The largest absolute Gasteiger partial charge is 0.350 e. The Balaban J connectivity index is 1.94. The quantitative estimate of drug-likeness (QED) is 0.906. The SMILES string of the molecule is CCn1cc(CNC(=O)C(C)n2cc(Br)c(C)n2)cn1. The zero-order chi connectivity index (χ0) is 14.7. The molecule has 108 valence electrons. The van der Waals surface area contributed by atoms with Crippen molar-refractivity contribution < 1.29 is 4.79 Å². The van der Waals surface area contributed by atoms with E-state index in [2.05, 4.69) is 31.4 Å². The predicted molar refractivity (Wildman–Crippen MR) is 79.1 cm³/mol. The van der Waals surface area contributed by atoms with Gasteiger partial charge in [-0.15, -0.1) is 0 Å². The molecule has 0 aliphatic rings. The van der Waals surface area contributed by atoms with Gasteiger partial charge in [0, 0.05) is 31.0 Å². The molecule has 0 aromatic carbocycles. The fraction of sp³-hybridized carbons (Fsp3) is 0.462. The fourth-order valence-corrected chi connectivity index (χ4v) is 2.07. The fourth-order valence-electron chi connectivity index (χ4n) is 1.79. The summed E-state index contributed by atoms with van der Waals surface area (Å²) in [7, 11) is 0. The minimum absolute atomic E-state index is 0.0655. The minimum Gasteiger partial charge on any atom is -0.350 e. The lowest BCUT2D eigenvalue weighted by molar-refractivity contribution is -0.124. The van der Waals surface area contributed by atoms with E-state index in [4.69, 9.17) is 0 Å². The van der Waals surface area contributed by atoms with Crippen molar-refractivity contribution >= 4 is 21.8 Å². The van der Waals surface area contributed by atoms with Crippen LogP contribution in [0.3, 0.4) is 0 Å². The zero-order valence-corrected chi connectivity index (χ0v) is 13.4. The Labute approximate surface area is 126 Å². The minimum atomic E-state index is -0.346. The molecule has 6 nitrogen and oxygen atoms in total. The van der Waals surface area contributed by atoms with Gasteiger partial charge in [0.05, 0.1) is 16.4 Å². The predicted octanol–water partition coefficient (Wildman–Crippen LogP) is 2.05. The molecule has 2 heterocycles. The second-order valence-electron chi connectivity index (χ2n) is 4.64. The van der Waals surface area contributed by atoms with Crippen LogP contribution in [0.1, 0.15) is 31.1 Å². The molecule has 7 heteroatoms. The molecule has 20 heavy (non-hydrogen) atoms. The van der Waals surface area contributed by atoms with E-state index in [1.807, 2.05) is 37.8 Å². The van der Waals surface area contributed by atoms with Crippen molar-refractivity contribution in [1.29, 1.82) is 0 Å². The molecule has 2 aromatic heterocycles. The average Bonchev–Trinajstić information content (AvgIpc) is 3.02. The third kappa shape index (κ3) is 3.27. The molecule has 0 aliphatic carbocycles. The maximum Gasteiger partial charge on any atom is 0.244 e. The number of aromatic nitrogens is 4. The number of aryl methyl sites for hydroxylation is 2. The molecule has 2 rings (SSSR count). The molecule has 0 fully saturated rings. The Morgan fingerprint density at radius 2 is 2.25 bits per heavy atom. The van der Waals surface area contributed by atoms with Gasteiger partial charge in [-0.2, -0.15) is 10.2 Å². The van der Waals surface area contributed by atoms with Gasteiger partial charge in [-0.3, -0.25) is 14.2 Å². The Hall–Kier alpha value is -1.63. The van der Waals surface area contributed by atoms with E-state index in [9.17, 15) is 4.79 Å². The highest BCUT2D eigenvalue weighted by Crippen LogP contribution is 2.16. The summed E-state index contributed by atoms with van der Waals surface area (Å²) in [6, 6.07) is -0.346. The van der Waals surface area contributed by atoms with E-state index in [1.54, 1.807) is 10.9 Å². The third-order valence-electron chi connectivity index (χ3n) is 3.11. The zero-order valence-electron chi connectivity index (χ0n) is 11.8. The first-order valence-electron chi connectivity index (χ1n) is 6.51. The van der Waals surface area contributed by atoms with Crippen LogP contribution in [0.25, 0.3) is 0 Å². The topological polar surface area (TPSA) is 64.7 Å². The Morgan fingerprint density at radius 3 is 2.80 bits per heavy atom. The van der Waals surface area contributed by atoms with Crippen LogP contribution < -0.4 is 5.32 Å². The van der Waals surface area contributed by atoms with Crippen LogP contribution in [0.2, 0.25) is 0 Å². The molecule has 0 saturated carbocycles. The number of hydrogen-bond acceptors (Lipinski definition) is 3. The molecule has 1 amide bonds. The van der Waals surface area contributed by atoms with E-state index >= 15 is 0 Å². The maximum absolute atomic E-state index is 12.1. The van der Waals surface area contributed by atoms with Crippen LogP contribution >= 0.6 is 15.9 Å². The molecule has 0 radical (unpaired) electrons. The van der Waals surface area contributed by atoms with Gasteiger partial charge in [0.15, 0.2) is 0 Å². The molecule has 2 aromatic rings. The van der Waals surface area contributed by atoms with E-state index < -0.39 is 0 Å². The summed E-state index contributed by atoms with van der Waals surface area (Å²) in [5, 5.41) is 11.4. The van der Waals surface area contributed by atoms with Gasteiger partial charge in [0.1, 0.15) is 6.04 Å². The molecular weight excluding hydrogens is 322 g/mol. The van der Waals surface area contributed by atoms with Crippen molar-refractivity contribution in [2.75, 3.05) is 0 Å². The summed E-state index contributed by atoms with van der Waals surface area (Å²) < 4.78 is 4.39. The Morgan fingerprint density at radius 1 is 1.50 bits per heavy atom. The van der Waals surface area contributed by atoms with Crippen molar-refractivity contribution in [3.63, 3.8) is 0 Å². The highest BCUT2D eigenvalue weighted by molar-refractivity contribution is 9.10. The first kappa shape index (κ1) is 14.8. The number of carbonyl (C=O) groups excluding carboxylic acids is 1. The summed E-state index contributed by atoms with van der Waals surface area (Å²) in [5.74, 6) is -0.0655. The molecule has 1 N–H and O–H groups in total. The highest BCUT2D eigenvalue weighted by atomic mass is 79.9. The summed E-state index contributed by atoms with van der Waals surface area (Å²) in [5.41, 5.74) is 1.86. The highest BCUT2D eigenvalue weighted by Gasteiger charge is 2.16. The molecule has 0 aliphatic heterocycles. The number of halogens is 1. The van der Waals surface area contributed by atoms with Gasteiger partial charge in [0.2, 0.25) is 5.91 Å². The van der Waals surface area contributed by atoms with Crippen molar-refractivity contribution in [1.82, 2.24) is 24.9 Å². The van der Waals surface area contributed by atoms with Gasteiger partial charge >= 0.3 is 0 Å². The monoisotopic (exact) mass is 339 g/mol. The second kappa shape index (κ2) is 6.21. The third-order valence-corrected chi connectivity index (χ3v) is 3.89. The van der Waals surface area contributed by atoms with Gasteiger partial charge in [-0.1, -0.05) is 0 Å². The first-order chi connectivity index (χ1) is 9.51. The summed E-state index contributed by atoms with van der Waals surface area (Å²) in [6.45, 7) is 7.04. The van der Waals surface area contributed by atoms with Gasteiger partial charge < -0.3 is 5.32 Å². The summed E-state index contributed by atoms with van der Waals surface area (Å²) in [4.78, 5) is 12.1. The van der Waals surface area contributed by atoms with Gasteiger partial charge in [0.25, 0.3) is 0 Å². The second-order valence-corrected chi connectivity index (χ2v) is 5.49.